The molecule has 1 aromatic rings. The van der Waals surface area contributed by atoms with Crippen molar-refractivity contribution in [3.63, 3.8) is 0 Å². The van der Waals surface area contributed by atoms with E-state index in [9.17, 15) is 9.59 Å². The van der Waals surface area contributed by atoms with E-state index in [2.05, 4.69) is 21.3 Å². The van der Waals surface area contributed by atoms with Crippen LogP contribution in [-0.4, -0.2) is 37.6 Å². The number of urea groups is 1. The summed E-state index contributed by atoms with van der Waals surface area (Å²) < 4.78 is 0. The highest BCUT2D eigenvalue weighted by Gasteiger charge is 2.23. The first-order chi connectivity index (χ1) is 12.4. The van der Waals surface area contributed by atoms with E-state index in [4.69, 9.17) is 11.6 Å². The minimum absolute atomic E-state index is 0.122. The molecule has 1 aliphatic heterocycles. The van der Waals surface area contributed by atoms with E-state index >= 15 is 0 Å². The summed E-state index contributed by atoms with van der Waals surface area (Å²) in [5.74, 6) is 0.673. The van der Waals surface area contributed by atoms with Crippen LogP contribution in [0.3, 0.4) is 0 Å². The number of carbonyl (C=O) groups is 2. The zero-order valence-corrected chi connectivity index (χ0v) is 16.2. The van der Waals surface area contributed by atoms with E-state index in [1.807, 2.05) is 13.8 Å². The monoisotopic (exact) mass is 380 g/mol. The number of rotatable bonds is 7. The molecule has 2 rings (SSSR count). The van der Waals surface area contributed by atoms with Crippen LogP contribution in [0.25, 0.3) is 0 Å². The molecule has 0 aromatic heterocycles. The molecule has 1 atom stereocenters. The summed E-state index contributed by atoms with van der Waals surface area (Å²) in [7, 11) is 0. The molecule has 0 radical (unpaired) electrons. The van der Waals surface area contributed by atoms with Crippen molar-refractivity contribution >= 4 is 29.2 Å². The predicted octanol–water partition coefficient (Wildman–Crippen LogP) is 2.99. The van der Waals surface area contributed by atoms with Crippen LogP contribution in [0.15, 0.2) is 24.3 Å². The average Bonchev–Trinajstić information content (AvgIpc) is 2.61. The highest BCUT2D eigenvalue weighted by atomic mass is 35.5. The van der Waals surface area contributed by atoms with Crippen LogP contribution in [-0.2, 0) is 4.79 Å². The number of carbonyl (C=O) groups excluding carboxylic acids is 2. The molecule has 3 amide bonds. The van der Waals surface area contributed by atoms with Crippen LogP contribution in [0.4, 0.5) is 10.5 Å². The third kappa shape index (κ3) is 7.22. The van der Waals surface area contributed by atoms with E-state index in [1.165, 1.54) is 0 Å². The second-order valence-electron chi connectivity index (χ2n) is 7.23. The molecule has 0 saturated carbocycles. The van der Waals surface area contributed by atoms with Crippen LogP contribution in [0.1, 0.15) is 33.1 Å². The molecule has 1 aliphatic rings. The predicted molar refractivity (Wildman–Crippen MR) is 105 cm³/mol. The minimum atomic E-state index is -0.552. The van der Waals surface area contributed by atoms with Crippen LogP contribution in [0.2, 0.25) is 5.02 Å². The summed E-state index contributed by atoms with van der Waals surface area (Å²) in [5, 5.41) is 12.5. The second kappa shape index (κ2) is 10.4. The van der Waals surface area contributed by atoms with E-state index in [1.54, 1.807) is 24.3 Å². The zero-order valence-electron chi connectivity index (χ0n) is 15.5. The Morgan fingerprint density at radius 3 is 2.46 bits per heavy atom. The van der Waals surface area contributed by atoms with Crippen molar-refractivity contribution in [3.8, 4) is 0 Å². The van der Waals surface area contributed by atoms with Gasteiger partial charge in [-0.1, -0.05) is 25.4 Å². The first-order valence-electron chi connectivity index (χ1n) is 9.25. The number of piperidine rings is 1. The Morgan fingerprint density at radius 2 is 1.85 bits per heavy atom. The molecular weight excluding hydrogens is 352 g/mol. The van der Waals surface area contributed by atoms with E-state index in [0.29, 0.717) is 35.5 Å². The standard InChI is InChI=1S/C19H29ClN4O2/c1-13(2)11-17(18(25)22-12-14-7-9-21-10-8-14)24-19(26)23-16-5-3-15(20)4-6-16/h3-6,13-14,17,21H,7-12H2,1-2H3,(H,22,25)(H2,23,24,26)/t17-/m1/s1. The normalized spacial score (nSPS) is 16.2. The number of anilines is 1. The number of nitrogens with one attached hydrogen (secondary N) is 4. The van der Waals surface area contributed by atoms with Crippen LogP contribution >= 0.6 is 11.6 Å². The first kappa shape index (κ1) is 20.5. The molecule has 1 aromatic carbocycles. The van der Waals surface area contributed by atoms with Crippen LogP contribution in [0, 0.1) is 11.8 Å². The van der Waals surface area contributed by atoms with Crippen LogP contribution < -0.4 is 21.3 Å². The number of halogens is 1. The fourth-order valence-corrected chi connectivity index (χ4v) is 3.14. The fraction of sp³-hybridized carbons (Fsp3) is 0.579. The van der Waals surface area contributed by atoms with E-state index in [0.717, 1.165) is 25.9 Å². The van der Waals surface area contributed by atoms with Gasteiger partial charge in [-0.2, -0.15) is 0 Å². The molecule has 1 heterocycles. The smallest absolute Gasteiger partial charge is 0.319 e. The lowest BCUT2D eigenvalue weighted by molar-refractivity contribution is -0.123. The van der Waals surface area contributed by atoms with Gasteiger partial charge in [0.15, 0.2) is 0 Å². The van der Waals surface area contributed by atoms with Gasteiger partial charge >= 0.3 is 6.03 Å². The van der Waals surface area contributed by atoms with Gasteiger partial charge in [-0.05, 0) is 68.5 Å². The van der Waals surface area contributed by atoms with Gasteiger partial charge in [-0.15, -0.1) is 0 Å². The first-order valence-corrected chi connectivity index (χ1v) is 9.63. The highest BCUT2D eigenvalue weighted by molar-refractivity contribution is 6.30. The summed E-state index contributed by atoms with van der Waals surface area (Å²) in [6.07, 6.45) is 2.73. The van der Waals surface area contributed by atoms with Gasteiger partial charge in [0.2, 0.25) is 5.91 Å². The summed E-state index contributed by atoms with van der Waals surface area (Å²) >= 11 is 5.84. The summed E-state index contributed by atoms with van der Waals surface area (Å²) in [6.45, 7) is 6.72. The molecule has 0 unspecified atom stereocenters. The Labute approximate surface area is 160 Å². The van der Waals surface area contributed by atoms with E-state index < -0.39 is 12.1 Å². The number of hydrogen-bond acceptors (Lipinski definition) is 3. The molecule has 4 N–H and O–H groups in total. The van der Waals surface area contributed by atoms with Crippen molar-refractivity contribution in [2.75, 3.05) is 25.0 Å². The Morgan fingerprint density at radius 1 is 1.19 bits per heavy atom. The Balaban J connectivity index is 1.86. The molecule has 0 spiro atoms. The third-order valence-electron chi connectivity index (χ3n) is 4.45. The molecule has 6 nitrogen and oxygen atoms in total. The van der Waals surface area contributed by atoms with Gasteiger partial charge in [0.05, 0.1) is 0 Å². The van der Waals surface area contributed by atoms with Gasteiger partial charge in [-0.25, -0.2) is 4.79 Å². The van der Waals surface area contributed by atoms with Gasteiger partial charge in [0.25, 0.3) is 0 Å². The molecule has 26 heavy (non-hydrogen) atoms. The molecule has 1 saturated heterocycles. The van der Waals surface area contributed by atoms with Gasteiger partial charge in [-0.3, -0.25) is 4.79 Å². The zero-order chi connectivity index (χ0) is 18.9. The topological polar surface area (TPSA) is 82.3 Å². The second-order valence-corrected chi connectivity index (χ2v) is 7.66. The molecule has 7 heteroatoms. The molecule has 0 aliphatic carbocycles. The SMILES string of the molecule is CC(C)C[C@@H](NC(=O)Nc1ccc(Cl)cc1)C(=O)NCC1CCNCC1. The third-order valence-corrected chi connectivity index (χ3v) is 4.71. The largest absolute Gasteiger partial charge is 0.354 e. The fourth-order valence-electron chi connectivity index (χ4n) is 3.02. The Kier molecular flexibility index (Phi) is 8.19. The van der Waals surface area contributed by atoms with Gasteiger partial charge in [0.1, 0.15) is 6.04 Å². The molecule has 0 bridgehead atoms. The van der Waals surface area contributed by atoms with Crippen molar-refractivity contribution in [3.05, 3.63) is 29.3 Å². The van der Waals surface area contributed by atoms with E-state index in [-0.39, 0.29) is 5.91 Å². The van der Waals surface area contributed by atoms with Crippen LogP contribution in [0.5, 0.6) is 0 Å². The summed E-state index contributed by atoms with van der Waals surface area (Å²) in [6, 6.07) is 5.90. The number of amides is 3. The maximum absolute atomic E-state index is 12.6. The van der Waals surface area contributed by atoms with Crippen molar-refractivity contribution in [1.29, 1.82) is 0 Å². The summed E-state index contributed by atoms with van der Waals surface area (Å²) in [4.78, 5) is 24.8. The number of hydrogen-bond donors (Lipinski definition) is 4. The molecular formula is C19H29ClN4O2. The Hall–Kier alpha value is -1.79. The lowest BCUT2D eigenvalue weighted by Gasteiger charge is -2.25. The van der Waals surface area contributed by atoms with Gasteiger partial charge < -0.3 is 21.3 Å². The van der Waals surface area contributed by atoms with Crippen molar-refractivity contribution in [2.24, 2.45) is 11.8 Å². The van der Waals surface area contributed by atoms with Crippen molar-refractivity contribution in [2.45, 2.75) is 39.2 Å². The highest BCUT2D eigenvalue weighted by Crippen LogP contribution is 2.14. The molecule has 144 valence electrons. The molecule has 1 fully saturated rings. The maximum atomic E-state index is 12.6. The lowest BCUT2D eigenvalue weighted by atomic mass is 9.97. The quantitative estimate of drug-likeness (QED) is 0.587. The maximum Gasteiger partial charge on any atom is 0.319 e. The van der Waals surface area contributed by atoms with Gasteiger partial charge in [0, 0.05) is 17.3 Å². The Bertz CT molecular complexity index is 586. The lowest BCUT2D eigenvalue weighted by Crippen LogP contribution is -2.50. The summed E-state index contributed by atoms with van der Waals surface area (Å²) in [5.41, 5.74) is 0.630. The van der Waals surface area contributed by atoms with Crippen molar-refractivity contribution in [1.82, 2.24) is 16.0 Å². The number of benzene rings is 1. The van der Waals surface area contributed by atoms with Crippen molar-refractivity contribution < 1.29 is 9.59 Å². The minimum Gasteiger partial charge on any atom is -0.354 e. The average molecular weight is 381 g/mol.